The van der Waals surface area contributed by atoms with Crippen molar-refractivity contribution in [3.63, 3.8) is 0 Å². The lowest BCUT2D eigenvalue weighted by Crippen LogP contribution is -2.37. The molecule has 0 bridgehead atoms. The zero-order valence-electron chi connectivity index (χ0n) is 9.29. The number of carbonyl (C=O) groups excluding carboxylic acids is 2. The van der Waals surface area contributed by atoms with Crippen molar-refractivity contribution in [3.8, 4) is 0 Å². The maximum Gasteiger partial charge on any atom is 0.407 e. The number of amides is 1. The summed E-state index contributed by atoms with van der Waals surface area (Å²) < 4.78 is 5.05. The van der Waals surface area contributed by atoms with Crippen LogP contribution in [0.25, 0.3) is 0 Å². The first-order chi connectivity index (χ1) is 6.35. The molecule has 0 fully saturated rings. The SMILES string of the molecule is CC(CCC=O)NC(=O)OC(C)(C)C. The largest absolute Gasteiger partial charge is 0.444 e. The molecule has 1 N–H and O–H groups in total. The van der Waals surface area contributed by atoms with Crippen LogP contribution in [-0.2, 0) is 9.53 Å². The van der Waals surface area contributed by atoms with Gasteiger partial charge in [0.15, 0.2) is 0 Å². The quantitative estimate of drug-likeness (QED) is 0.706. The number of ether oxygens (including phenoxy) is 1. The number of aldehydes is 1. The Balaban J connectivity index is 3.76. The van der Waals surface area contributed by atoms with E-state index in [2.05, 4.69) is 5.32 Å². The molecule has 14 heavy (non-hydrogen) atoms. The van der Waals surface area contributed by atoms with Crippen LogP contribution in [0.5, 0.6) is 0 Å². The van der Waals surface area contributed by atoms with Crippen molar-refractivity contribution in [3.05, 3.63) is 0 Å². The van der Waals surface area contributed by atoms with E-state index in [1.54, 1.807) is 0 Å². The smallest absolute Gasteiger partial charge is 0.407 e. The van der Waals surface area contributed by atoms with E-state index in [0.717, 1.165) is 6.29 Å². The van der Waals surface area contributed by atoms with Crippen LogP contribution in [0, 0.1) is 0 Å². The second-order valence-electron chi connectivity index (χ2n) is 4.29. The molecule has 0 heterocycles. The van der Waals surface area contributed by atoms with Gasteiger partial charge in [-0.25, -0.2) is 4.79 Å². The van der Waals surface area contributed by atoms with Crippen molar-refractivity contribution in [1.29, 1.82) is 0 Å². The third-order valence-electron chi connectivity index (χ3n) is 1.48. The molecule has 0 aromatic heterocycles. The molecule has 1 unspecified atom stereocenters. The van der Waals surface area contributed by atoms with Crippen molar-refractivity contribution in [2.45, 2.75) is 52.2 Å². The summed E-state index contributed by atoms with van der Waals surface area (Å²) in [5.41, 5.74) is -0.478. The van der Waals surface area contributed by atoms with Gasteiger partial charge in [-0.15, -0.1) is 0 Å². The number of nitrogens with one attached hydrogen (secondary N) is 1. The van der Waals surface area contributed by atoms with Gasteiger partial charge in [0.25, 0.3) is 0 Å². The molecule has 0 saturated heterocycles. The van der Waals surface area contributed by atoms with Gasteiger partial charge < -0.3 is 14.8 Å². The maximum atomic E-state index is 11.2. The Morgan fingerprint density at radius 3 is 2.50 bits per heavy atom. The fourth-order valence-corrected chi connectivity index (χ4v) is 0.899. The molecule has 0 saturated carbocycles. The molecule has 1 atom stereocenters. The van der Waals surface area contributed by atoms with Crippen LogP contribution < -0.4 is 5.32 Å². The van der Waals surface area contributed by atoms with E-state index >= 15 is 0 Å². The first-order valence-electron chi connectivity index (χ1n) is 4.78. The van der Waals surface area contributed by atoms with Crippen molar-refractivity contribution >= 4 is 12.4 Å². The zero-order chi connectivity index (χ0) is 11.2. The van der Waals surface area contributed by atoms with E-state index in [1.807, 2.05) is 27.7 Å². The molecule has 4 heteroatoms. The van der Waals surface area contributed by atoms with Crippen molar-refractivity contribution < 1.29 is 14.3 Å². The Bertz CT molecular complexity index is 196. The lowest BCUT2D eigenvalue weighted by atomic mass is 10.2. The van der Waals surface area contributed by atoms with E-state index in [0.29, 0.717) is 12.8 Å². The predicted octanol–water partition coefficient (Wildman–Crippen LogP) is 1.88. The summed E-state index contributed by atoms with van der Waals surface area (Å²) >= 11 is 0. The molecule has 1 amide bonds. The number of hydrogen-bond donors (Lipinski definition) is 1. The molecule has 0 aliphatic heterocycles. The van der Waals surface area contributed by atoms with Gasteiger partial charge in [-0.1, -0.05) is 0 Å². The van der Waals surface area contributed by atoms with Crippen LogP contribution >= 0.6 is 0 Å². The molecule has 0 aromatic rings. The van der Waals surface area contributed by atoms with Crippen LogP contribution in [0.15, 0.2) is 0 Å². The van der Waals surface area contributed by atoms with Crippen LogP contribution in [-0.4, -0.2) is 24.0 Å². The van der Waals surface area contributed by atoms with Crippen molar-refractivity contribution in [2.75, 3.05) is 0 Å². The summed E-state index contributed by atoms with van der Waals surface area (Å²) in [6, 6.07) is -0.0324. The van der Waals surface area contributed by atoms with E-state index in [-0.39, 0.29) is 6.04 Å². The normalized spacial score (nSPS) is 13.1. The third kappa shape index (κ3) is 7.58. The molecule has 0 aromatic carbocycles. The highest BCUT2D eigenvalue weighted by Crippen LogP contribution is 2.07. The molecular formula is C10H19NO3. The Hall–Kier alpha value is -1.06. The summed E-state index contributed by atoms with van der Waals surface area (Å²) in [7, 11) is 0. The summed E-state index contributed by atoms with van der Waals surface area (Å²) in [5.74, 6) is 0. The monoisotopic (exact) mass is 201 g/mol. The van der Waals surface area contributed by atoms with Crippen molar-refractivity contribution in [2.24, 2.45) is 0 Å². The standard InChI is InChI=1S/C10H19NO3/c1-8(6-5-7-12)11-9(13)14-10(2,3)4/h7-8H,5-6H2,1-4H3,(H,11,13). The highest BCUT2D eigenvalue weighted by molar-refractivity contribution is 5.68. The highest BCUT2D eigenvalue weighted by Gasteiger charge is 2.17. The molecule has 0 radical (unpaired) electrons. The Labute approximate surface area is 85.0 Å². The van der Waals surface area contributed by atoms with Gasteiger partial charge in [0.2, 0.25) is 0 Å². The van der Waals surface area contributed by atoms with Gasteiger partial charge in [0.05, 0.1) is 0 Å². The second kappa shape index (κ2) is 5.62. The topological polar surface area (TPSA) is 55.4 Å². The minimum Gasteiger partial charge on any atom is -0.444 e. The Kier molecular flexibility index (Phi) is 5.20. The van der Waals surface area contributed by atoms with Gasteiger partial charge >= 0.3 is 6.09 Å². The van der Waals surface area contributed by atoms with Crippen LogP contribution in [0.3, 0.4) is 0 Å². The van der Waals surface area contributed by atoms with E-state index in [1.165, 1.54) is 0 Å². The lowest BCUT2D eigenvalue weighted by molar-refractivity contribution is -0.108. The average molecular weight is 201 g/mol. The number of rotatable bonds is 4. The summed E-state index contributed by atoms with van der Waals surface area (Å²) in [5, 5.41) is 2.65. The van der Waals surface area contributed by atoms with Gasteiger partial charge in [-0.3, -0.25) is 0 Å². The molecule has 0 rings (SSSR count). The van der Waals surface area contributed by atoms with Gasteiger partial charge in [0.1, 0.15) is 11.9 Å². The molecule has 4 nitrogen and oxygen atoms in total. The molecular weight excluding hydrogens is 182 g/mol. The van der Waals surface area contributed by atoms with Crippen LogP contribution in [0.2, 0.25) is 0 Å². The van der Waals surface area contributed by atoms with E-state index in [4.69, 9.17) is 4.74 Å². The molecule has 0 aliphatic rings. The third-order valence-corrected chi connectivity index (χ3v) is 1.48. The van der Waals surface area contributed by atoms with Gasteiger partial charge in [0, 0.05) is 12.5 Å². The number of alkyl carbamates (subject to hydrolysis) is 1. The van der Waals surface area contributed by atoms with Gasteiger partial charge in [-0.2, -0.15) is 0 Å². The fraction of sp³-hybridized carbons (Fsp3) is 0.800. The Morgan fingerprint density at radius 1 is 1.50 bits per heavy atom. The van der Waals surface area contributed by atoms with Crippen molar-refractivity contribution in [1.82, 2.24) is 5.32 Å². The van der Waals surface area contributed by atoms with E-state index < -0.39 is 11.7 Å². The lowest BCUT2D eigenvalue weighted by Gasteiger charge is -2.21. The minimum absolute atomic E-state index is 0.0324. The molecule has 82 valence electrons. The molecule has 0 spiro atoms. The predicted molar refractivity (Wildman–Crippen MR) is 54.1 cm³/mol. The summed E-state index contributed by atoms with van der Waals surface area (Å²) in [6.45, 7) is 7.27. The number of hydrogen-bond acceptors (Lipinski definition) is 3. The first-order valence-corrected chi connectivity index (χ1v) is 4.78. The zero-order valence-corrected chi connectivity index (χ0v) is 9.29. The summed E-state index contributed by atoms with van der Waals surface area (Å²) in [6.07, 6.45) is 1.50. The highest BCUT2D eigenvalue weighted by atomic mass is 16.6. The second-order valence-corrected chi connectivity index (χ2v) is 4.29. The van der Waals surface area contributed by atoms with Gasteiger partial charge in [-0.05, 0) is 34.1 Å². The average Bonchev–Trinajstić information content (AvgIpc) is 1.96. The van der Waals surface area contributed by atoms with E-state index in [9.17, 15) is 9.59 Å². The Morgan fingerprint density at radius 2 is 2.07 bits per heavy atom. The first kappa shape index (κ1) is 12.9. The maximum absolute atomic E-state index is 11.2. The fourth-order valence-electron chi connectivity index (χ4n) is 0.899. The van der Waals surface area contributed by atoms with Crippen LogP contribution in [0.1, 0.15) is 40.5 Å². The minimum atomic E-state index is -0.478. The number of carbonyl (C=O) groups is 2. The van der Waals surface area contributed by atoms with Crippen LogP contribution in [0.4, 0.5) is 4.79 Å². The molecule has 0 aliphatic carbocycles. The summed E-state index contributed by atoms with van der Waals surface area (Å²) in [4.78, 5) is 21.3.